The molecule has 8 heteroatoms. The molecule has 0 atom stereocenters. The Bertz CT molecular complexity index is 483. The van der Waals surface area contributed by atoms with E-state index in [-0.39, 0.29) is 5.03 Å². The first kappa shape index (κ1) is 15.1. The zero-order valence-electron chi connectivity index (χ0n) is 11.1. The number of rotatable bonds is 7. The molecule has 0 spiro atoms. The summed E-state index contributed by atoms with van der Waals surface area (Å²) >= 11 is 0. The van der Waals surface area contributed by atoms with Crippen LogP contribution in [0.5, 0.6) is 0 Å². The summed E-state index contributed by atoms with van der Waals surface area (Å²) in [7, 11) is 1.24. The number of hydrogen-bond donors (Lipinski definition) is 2. The Morgan fingerprint density at radius 2 is 2.17 bits per heavy atom. The van der Waals surface area contributed by atoms with Crippen LogP contribution >= 0.6 is 0 Å². The zero-order valence-corrected chi connectivity index (χ0v) is 12.0. The molecule has 18 heavy (non-hydrogen) atoms. The second kappa shape index (κ2) is 6.28. The number of likely N-dealkylation sites (N-methyl/N-ethyl adjacent to an activating group) is 1. The second-order valence-corrected chi connectivity index (χ2v) is 5.94. The molecule has 0 aliphatic rings. The molecule has 2 N–H and O–H groups in total. The highest BCUT2D eigenvalue weighted by Crippen LogP contribution is 2.19. The number of H-pyrrole nitrogens is 1. The number of hydrogen-bond acceptors (Lipinski definition) is 5. The number of sulfonamides is 1. The highest BCUT2D eigenvalue weighted by molar-refractivity contribution is 7.89. The van der Waals surface area contributed by atoms with Crippen molar-refractivity contribution in [3.63, 3.8) is 0 Å². The summed E-state index contributed by atoms with van der Waals surface area (Å²) in [4.78, 5) is 0. The SMILES string of the molecule is CNCc1c(S(=O)(=O)N(C)CCOC)n[nH]c1C. The molecule has 104 valence electrons. The molecule has 0 fully saturated rings. The molecule has 0 aliphatic carbocycles. The normalized spacial score (nSPS) is 12.3. The smallest absolute Gasteiger partial charge is 0.262 e. The van der Waals surface area contributed by atoms with Gasteiger partial charge in [0.25, 0.3) is 10.0 Å². The summed E-state index contributed by atoms with van der Waals surface area (Å²) in [5, 5.41) is 9.63. The van der Waals surface area contributed by atoms with E-state index < -0.39 is 10.0 Å². The molecule has 1 rings (SSSR count). The molecule has 0 aliphatic heterocycles. The number of aryl methyl sites for hydroxylation is 1. The predicted octanol–water partition coefficient (Wildman–Crippen LogP) is -0.296. The molecule has 0 saturated heterocycles. The van der Waals surface area contributed by atoms with Crippen LogP contribution in [0.25, 0.3) is 0 Å². The van der Waals surface area contributed by atoms with Crippen molar-refractivity contribution in [2.75, 3.05) is 34.4 Å². The lowest BCUT2D eigenvalue weighted by Gasteiger charge is -2.16. The quantitative estimate of drug-likeness (QED) is 0.714. The third kappa shape index (κ3) is 3.08. The summed E-state index contributed by atoms with van der Waals surface area (Å²) in [5.41, 5.74) is 1.42. The lowest BCUT2D eigenvalue weighted by Crippen LogP contribution is -2.31. The standard InChI is InChI=1S/C10H20N4O3S/c1-8-9(7-11-2)10(13-12-8)18(15,16)14(3)5-6-17-4/h11H,5-7H2,1-4H3,(H,12,13). The maximum absolute atomic E-state index is 12.3. The molecule has 1 heterocycles. The molecule has 0 saturated carbocycles. The van der Waals surface area contributed by atoms with E-state index in [1.54, 1.807) is 14.0 Å². The van der Waals surface area contributed by atoms with E-state index in [0.717, 1.165) is 5.69 Å². The van der Waals surface area contributed by atoms with Gasteiger partial charge in [0.1, 0.15) is 0 Å². The van der Waals surface area contributed by atoms with Crippen molar-refractivity contribution in [2.45, 2.75) is 18.5 Å². The first-order chi connectivity index (χ1) is 8.45. The predicted molar refractivity (Wildman–Crippen MR) is 67.8 cm³/mol. The summed E-state index contributed by atoms with van der Waals surface area (Å²) in [6, 6.07) is 0. The summed E-state index contributed by atoms with van der Waals surface area (Å²) in [5.74, 6) is 0. The largest absolute Gasteiger partial charge is 0.383 e. The van der Waals surface area contributed by atoms with Gasteiger partial charge in [-0.05, 0) is 14.0 Å². The number of nitrogens with zero attached hydrogens (tertiary/aromatic N) is 2. The molecule has 0 bridgehead atoms. The topological polar surface area (TPSA) is 87.3 Å². The molecule has 0 radical (unpaired) electrons. The van der Waals surface area contributed by atoms with Crippen molar-refractivity contribution in [1.29, 1.82) is 0 Å². The van der Waals surface area contributed by atoms with Gasteiger partial charge in [-0.1, -0.05) is 0 Å². The van der Waals surface area contributed by atoms with Crippen LogP contribution in [0.2, 0.25) is 0 Å². The van der Waals surface area contributed by atoms with Crippen LogP contribution in [-0.4, -0.2) is 57.3 Å². The van der Waals surface area contributed by atoms with Crippen LogP contribution in [0.15, 0.2) is 5.03 Å². The van der Waals surface area contributed by atoms with Crippen molar-refractivity contribution in [3.8, 4) is 0 Å². The van der Waals surface area contributed by atoms with Gasteiger partial charge in [-0.15, -0.1) is 0 Å². The van der Waals surface area contributed by atoms with Gasteiger partial charge in [-0.25, -0.2) is 8.42 Å². The molecule has 0 aromatic carbocycles. The Morgan fingerprint density at radius 1 is 1.50 bits per heavy atom. The van der Waals surface area contributed by atoms with Gasteiger partial charge in [0.15, 0.2) is 5.03 Å². The van der Waals surface area contributed by atoms with E-state index in [2.05, 4.69) is 15.5 Å². The van der Waals surface area contributed by atoms with Crippen molar-refractivity contribution in [3.05, 3.63) is 11.3 Å². The average molecular weight is 276 g/mol. The van der Waals surface area contributed by atoms with Crippen LogP contribution in [-0.2, 0) is 21.3 Å². The van der Waals surface area contributed by atoms with E-state index >= 15 is 0 Å². The van der Waals surface area contributed by atoms with E-state index in [4.69, 9.17) is 4.74 Å². The maximum Gasteiger partial charge on any atom is 0.262 e. The van der Waals surface area contributed by atoms with Gasteiger partial charge in [0.05, 0.1) is 6.61 Å². The summed E-state index contributed by atoms with van der Waals surface area (Å²) in [6.07, 6.45) is 0. The fourth-order valence-electron chi connectivity index (χ4n) is 1.52. The summed E-state index contributed by atoms with van der Waals surface area (Å²) in [6.45, 7) is 2.90. The molecular weight excluding hydrogens is 256 g/mol. The van der Waals surface area contributed by atoms with Crippen molar-refractivity contribution in [1.82, 2.24) is 19.8 Å². The number of aromatic amines is 1. The minimum Gasteiger partial charge on any atom is -0.383 e. The van der Waals surface area contributed by atoms with Crippen LogP contribution in [0, 0.1) is 6.92 Å². The Morgan fingerprint density at radius 3 is 2.72 bits per heavy atom. The molecule has 1 aromatic rings. The monoisotopic (exact) mass is 276 g/mol. The van der Waals surface area contributed by atoms with Gasteiger partial charge < -0.3 is 10.1 Å². The second-order valence-electron chi connectivity index (χ2n) is 3.98. The molecule has 0 amide bonds. The van der Waals surface area contributed by atoms with Crippen molar-refractivity contribution >= 4 is 10.0 Å². The van der Waals surface area contributed by atoms with Crippen LogP contribution in [0.4, 0.5) is 0 Å². The first-order valence-corrected chi connectivity index (χ1v) is 7.02. The first-order valence-electron chi connectivity index (χ1n) is 5.58. The Hall–Kier alpha value is -0.960. The lowest BCUT2D eigenvalue weighted by atomic mass is 10.3. The number of nitrogens with one attached hydrogen (secondary N) is 2. The minimum atomic E-state index is -3.57. The van der Waals surface area contributed by atoms with Gasteiger partial charge in [0, 0.05) is 38.5 Å². The summed E-state index contributed by atoms with van der Waals surface area (Å²) < 4.78 is 30.7. The average Bonchev–Trinajstić information content (AvgIpc) is 2.69. The number of methoxy groups -OCH3 is 1. The Kier molecular flexibility index (Phi) is 5.27. The Balaban J connectivity index is 3.04. The molecule has 7 nitrogen and oxygen atoms in total. The van der Waals surface area contributed by atoms with Gasteiger partial charge in [0.2, 0.25) is 0 Å². The molecule has 0 unspecified atom stereocenters. The van der Waals surface area contributed by atoms with Crippen molar-refractivity contribution in [2.24, 2.45) is 0 Å². The van der Waals surface area contributed by atoms with Crippen LogP contribution in [0.3, 0.4) is 0 Å². The number of aromatic nitrogens is 2. The van der Waals surface area contributed by atoms with Gasteiger partial charge in [-0.3, -0.25) is 5.10 Å². The lowest BCUT2D eigenvalue weighted by molar-refractivity contribution is 0.185. The maximum atomic E-state index is 12.3. The third-order valence-electron chi connectivity index (χ3n) is 2.65. The zero-order chi connectivity index (χ0) is 13.8. The Labute approximate surface area is 108 Å². The highest BCUT2D eigenvalue weighted by atomic mass is 32.2. The highest BCUT2D eigenvalue weighted by Gasteiger charge is 2.27. The third-order valence-corrected chi connectivity index (χ3v) is 4.48. The van der Waals surface area contributed by atoms with Crippen molar-refractivity contribution < 1.29 is 13.2 Å². The van der Waals surface area contributed by atoms with E-state index in [0.29, 0.717) is 25.3 Å². The van der Waals surface area contributed by atoms with E-state index in [1.165, 1.54) is 18.5 Å². The van der Waals surface area contributed by atoms with E-state index in [9.17, 15) is 8.42 Å². The number of ether oxygens (including phenoxy) is 1. The fourth-order valence-corrected chi connectivity index (χ4v) is 2.82. The minimum absolute atomic E-state index is 0.0768. The van der Waals surface area contributed by atoms with E-state index in [1.807, 2.05) is 0 Å². The van der Waals surface area contributed by atoms with Crippen LogP contribution < -0.4 is 5.32 Å². The fraction of sp³-hybridized carbons (Fsp3) is 0.700. The van der Waals surface area contributed by atoms with Crippen LogP contribution in [0.1, 0.15) is 11.3 Å². The molecular formula is C10H20N4O3S. The molecule has 1 aromatic heterocycles. The van der Waals surface area contributed by atoms with Gasteiger partial charge >= 0.3 is 0 Å². The van der Waals surface area contributed by atoms with Gasteiger partial charge in [-0.2, -0.15) is 9.40 Å².